The smallest absolute Gasteiger partial charge is 0.394 e. The first-order valence-electron chi connectivity index (χ1n) is 10.8. The molecule has 0 amide bonds. The van der Waals surface area contributed by atoms with E-state index in [1.165, 1.54) is 6.07 Å². The van der Waals surface area contributed by atoms with E-state index < -0.39 is 17.8 Å². The molecule has 172 valence electrons. The Morgan fingerprint density at radius 2 is 1.42 bits per heavy atom. The predicted octanol–water partition coefficient (Wildman–Crippen LogP) is 5.38. The molecule has 0 saturated carbocycles. The van der Waals surface area contributed by atoms with Gasteiger partial charge in [0, 0.05) is 0 Å². The van der Waals surface area contributed by atoms with E-state index in [1.54, 1.807) is 9.13 Å². The number of fused-ring (bicyclic) bond motifs is 1. The van der Waals surface area contributed by atoms with Gasteiger partial charge in [-0.05, 0) is 49.6 Å². The Morgan fingerprint density at radius 3 is 1.97 bits per heavy atom. The molecule has 0 aliphatic heterocycles. The van der Waals surface area contributed by atoms with E-state index in [4.69, 9.17) is 5.41 Å². The van der Waals surface area contributed by atoms with E-state index in [2.05, 4.69) is 0 Å². The second kappa shape index (κ2) is 8.90. The fourth-order valence-corrected chi connectivity index (χ4v) is 4.12. The van der Waals surface area contributed by atoms with Crippen LogP contribution in [-0.2, 0) is 19.1 Å². The van der Waals surface area contributed by atoms with Gasteiger partial charge in [-0.25, -0.2) is 0 Å². The summed E-state index contributed by atoms with van der Waals surface area (Å²) in [5.41, 5.74) is 4.16. The highest BCUT2D eigenvalue weighted by Gasteiger charge is 2.31. The van der Waals surface area contributed by atoms with Gasteiger partial charge in [0.25, 0.3) is 0 Å². The van der Waals surface area contributed by atoms with E-state index in [0.717, 1.165) is 34.4 Å². The number of rotatable bonds is 6. The van der Waals surface area contributed by atoms with Gasteiger partial charge in [-0.1, -0.05) is 59.7 Å². The van der Waals surface area contributed by atoms with Crippen molar-refractivity contribution in [1.82, 2.24) is 9.13 Å². The zero-order chi connectivity index (χ0) is 23.8. The van der Waals surface area contributed by atoms with Gasteiger partial charge in [-0.3, -0.25) is 5.41 Å². The molecule has 0 saturated heterocycles. The number of aliphatic hydroxyl groups is 1. The van der Waals surface area contributed by atoms with Crippen molar-refractivity contribution in [2.24, 2.45) is 0 Å². The Hall–Kier alpha value is -3.32. The van der Waals surface area contributed by atoms with Crippen LogP contribution in [0.15, 0.2) is 66.7 Å². The summed E-state index contributed by atoms with van der Waals surface area (Å²) in [7, 11) is 0. The standard InChI is InChI=1S/C26H26F3N3O/c1-17-3-7-19(8-4-17)13-22(16-33)32-23-12-11-21(26(27,28)29)14-24(23)31(25(32)30)15-20-9-5-18(2)6-10-20/h3-12,14,22,30,33H,13,15-16H2,1-2H3/t22-/m0/s1. The molecular formula is C26H26F3N3O. The Kier molecular flexibility index (Phi) is 6.17. The first kappa shape index (κ1) is 22.9. The molecule has 0 unspecified atom stereocenters. The molecule has 33 heavy (non-hydrogen) atoms. The van der Waals surface area contributed by atoms with Crippen molar-refractivity contribution in [3.8, 4) is 0 Å². The summed E-state index contributed by atoms with van der Waals surface area (Å²) in [5.74, 6) is 0. The lowest BCUT2D eigenvalue weighted by Gasteiger charge is -2.18. The van der Waals surface area contributed by atoms with E-state index in [0.29, 0.717) is 17.5 Å². The van der Waals surface area contributed by atoms with Crippen LogP contribution in [0.5, 0.6) is 0 Å². The number of halogens is 3. The van der Waals surface area contributed by atoms with Crippen LogP contribution >= 0.6 is 0 Å². The van der Waals surface area contributed by atoms with Crippen LogP contribution in [-0.4, -0.2) is 20.8 Å². The number of nitrogens with zero attached hydrogens (tertiary/aromatic N) is 2. The summed E-state index contributed by atoms with van der Waals surface area (Å²) < 4.78 is 43.6. The number of aliphatic hydroxyl groups excluding tert-OH is 1. The highest BCUT2D eigenvalue weighted by atomic mass is 19.4. The Morgan fingerprint density at radius 1 is 0.848 bits per heavy atom. The normalized spacial score (nSPS) is 12.9. The number of benzene rings is 3. The maximum Gasteiger partial charge on any atom is 0.416 e. The molecule has 0 fully saturated rings. The van der Waals surface area contributed by atoms with Gasteiger partial charge in [-0.2, -0.15) is 13.2 Å². The largest absolute Gasteiger partial charge is 0.416 e. The summed E-state index contributed by atoms with van der Waals surface area (Å²) in [6.07, 6.45) is -4.03. The molecule has 1 aromatic heterocycles. The number of alkyl halides is 3. The molecule has 1 heterocycles. The second-order valence-corrected chi connectivity index (χ2v) is 8.49. The van der Waals surface area contributed by atoms with Crippen LogP contribution in [0, 0.1) is 19.3 Å². The highest BCUT2D eigenvalue weighted by molar-refractivity contribution is 5.77. The summed E-state index contributed by atoms with van der Waals surface area (Å²) in [6.45, 7) is 3.97. The van der Waals surface area contributed by atoms with Crippen molar-refractivity contribution in [2.45, 2.75) is 39.0 Å². The molecular weight excluding hydrogens is 427 g/mol. The van der Waals surface area contributed by atoms with Gasteiger partial charge >= 0.3 is 6.18 Å². The van der Waals surface area contributed by atoms with E-state index >= 15 is 0 Å². The number of aromatic nitrogens is 2. The Labute approximate surface area is 190 Å². The van der Waals surface area contributed by atoms with Crippen molar-refractivity contribution in [3.05, 3.63) is 100 Å². The lowest BCUT2D eigenvalue weighted by molar-refractivity contribution is -0.137. The fraction of sp³-hybridized carbons (Fsp3) is 0.269. The molecule has 7 heteroatoms. The van der Waals surface area contributed by atoms with Crippen LogP contribution in [0.25, 0.3) is 11.0 Å². The van der Waals surface area contributed by atoms with E-state index in [1.807, 2.05) is 62.4 Å². The molecule has 0 aliphatic rings. The quantitative estimate of drug-likeness (QED) is 0.405. The predicted molar refractivity (Wildman–Crippen MR) is 122 cm³/mol. The monoisotopic (exact) mass is 453 g/mol. The molecule has 2 N–H and O–H groups in total. The first-order valence-corrected chi connectivity index (χ1v) is 10.8. The zero-order valence-electron chi connectivity index (χ0n) is 18.5. The van der Waals surface area contributed by atoms with Crippen molar-refractivity contribution in [3.63, 3.8) is 0 Å². The van der Waals surface area contributed by atoms with Gasteiger partial charge in [0.1, 0.15) is 0 Å². The minimum Gasteiger partial charge on any atom is -0.394 e. The number of aryl methyl sites for hydroxylation is 2. The van der Waals surface area contributed by atoms with Crippen LogP contribution < -0.4 is 5.62 Å². The first-order chi connectivity index (χ1) is 15.7. The van der Waals surface area contributed by atoms with Gasteiger partial charge in [0.05, 0.1) is 35.8 Å². The van der Waals surface area contributed by atoms with Crippen LogP contribution in [0.4, 0.5) is 13.2 Å². The fourth-order valence-electron chi connectivity index (χ4n) is 4.12. The summed E-state index contributed by atoms with van der Waals surface area (Å²) >= 11 is 0. The van der Waals surface area contributed by atoms with Crippen molar-refractivity contribution in [2.75, 3.05) is 6.61 Å². The number of nitrogens with one attached hydrogen (secondary N) is 1. The van der Waals surface area contributed by atoms with Gasteiger partial charge in [0.15, 0.2) is 0 Å². The molecule has 0 spiro atoms. The highest BCUT2D eigenvalue weighted by Crippen LogP contribution is 2.32. The third-order valence-electron chi connectivity index (χ3n) is 5.97. The number of hydrogen-bond acceptors (Lipinski definition) is 2. The Bertz CT molecular complexity index is 1320. The van der Waals surface area contributed by atoms with E-state index in [-0.39, 0.29) is 18.8 Å². The SMILES string of the molecule is Cc1ccc(C[C@@H](CO)n2c(=N)n(Cc3ccc(C)cc3)c3cc(C(F)(F)F)ccc32)cc1. The third-order valence-corrected chi connectivity index (χ3v) is 5.97. The minimum absolute atomic E-state index is 0.0519. The van der Waals surface area contributed by atoms with Crippen molar-refractivity contribution >= 4 is 11.0 Å². The molecule has 4 rings (SSSR count). The summed E-state index contributed by atoms with van der Waals surface area (Å²) in [6, 6.07) is 18.6. The molecule has 0 bridgehead atoms. The van der Waals surface area contributed by atoms with E-state index in [9.17, 15) is 18.3 Å². The lowest BCUT2D eigenvalue weighted by atomic mass is 10.0. The lowest BCUT2D eigenvalue weighted by Crippen LogP contribution is -2.30. The minimum atomic E-state index is -4.49. The zero-order valence-corrected chi connectivity index (χ0v) is 18.5. The summed E-state index contributed by atoms with van der Waals surface area (Å²) in [4.78, 5) is 0. The van der Waals surface area contributed by atoms with Gasteiger partial charge in [0.2, 0.25) is 5.62 Å². The maximum absolute atomic E-state index is 13.5. The third kappa shape index (κ3) is 4.73. The molecule has 4 nitrogen and oxygen atoms in total. The molecule has 0 radical (unpaired) electrons. The molecule has 4 aromatic rings. The average molecular weight is 454 g/mol. The average Bonchev–Trinajstić information content (AvgIpc) is 3.05. The topological polar surface area (TPSA) is 53.9 Å². The second-order valence-electron chi connectivity index (χ2n) is 8.49. The molecule has 3 aromatic carbocycles. The number of imidazole rings is 1. The summed E-state index contributed by atoms with van der Waals surface area (Å²) in [5, 5.41) is 19.1. The maximum atomic E-state index is 13.5. The molecule has 1 atom stereocenters. The number of hydrogen-bond donors (Lipinski definition) is 2. The van der Waals surface area contributed by atoms with Crippen molar-refractivity contribution in [1.29, 1.82) is 5.41 Å². The van der Waals surface area contributed by atoms with Gasteiger partial charge < -0.3 is 14.2 Å². The Balaban J connectivity index is 1.86. The van der Waals surface area contributed by atoms with Crippen LogP contribution in [0.3, 0.4) is 0 Å². The van der Waals surface area contributed by atoms with Gasteiger partial charge in [-0.15, -0.1) is 0 Å². The molecule has 0 aliphatic carbocycles. The van der Waals surface area contributed by atoms with Crippen LogP contribution in [0.1, 0.15) is 33.9 Å². The van der Waals surface area contributed by atoms with Crippen molar-refractivity contribution < 1.29 is 18.3 Å². The van der Waals surface area contributed by atoms with Crippen LogP contribution in [0.2, 0.25) is 0 Å².